The molecular formula is C8H18NNa2O3S2+. The van der Waals surface area contributed by atoms with E-state index < -0.39 is 9.05 Å². The standard InChI is InChI=1S/C8H19NO3S2.2Na/c9-7-5-3-1-2-4-6-8-13-14(10,11)12;;/h1-9H2,(H-,10,11,12);;/q;2*+1/p-1. The smallest absolute Gasteiger partial charge is 0.746 e. The Morgan fingerprint density at radius 3 is 1.81 bits per heavy atom. The Bertz CT molecular complexity index is 237. The second kappa shape index (κ2) is 15.3. The summed E-state index contributed by atoms with van der Waals surface area (Å²) in [5.74, 6) is 0.419. The average molecular weight is 286 g/mol. The van der Waals surface area contributed by atoms with Gasteiger partial charge in [0.2, 0.25) is 10.3 Å². The van der Waals surface area contributed by atoms with Crippen LogP contribution in [0.3, 0.4) is 0 Å². The Morgan fingerprint density at radius 2 is 1.38 bits per heavy atom. The number of hydrogen-bond donors (Lipinski definition) is 1. The molecule has 0 aromatic rings. The van der Waals surface area contributed by atoms with E-state index in [0.29, 0.717) is 16.1 Å². The molecule has 0 amide bonds. The Morgan fingerprint density at radius 1 is 0.938 bits per heavy atom. The second-order valence-corrected chi connectivity index (χ2v) is 6.53. The molecule has 8 heteroatoms. The minimum Gasteiger partial charge on any atom is -0.746 e. The Labute approximate surface area is 146 Å². The SMILES string of the molecule is NCCCCCCCC[S+]=S(=O)([O-])[O-].[Na+].[Na+]. The van der Waals surface area contributed by atoms with E-state index in [2.05, 4.69) is 0 Å². The third kappa shape index (κ3) is 21.5. The fourth-order valence-corrected chi connectivity index (χ4v) is 2.61. The average Bonchev–Trinajstić information content (AvgIpc) is 2.08. The van der Waals surface area contributed by atoms with Crippen LogP contribution in [0, 0.1) is 0 Å². The molecule has 0 saturated heterocycles. The van der Waals surface area contributed by atoms with Gasteiger partial charge in [0, 0.05) is 6.42 Å². The molecule has 0 aromatic carbocycles. The van der Waals surface area contributed by atoms with Gasteiger partial charge in [-0.15, -0.1) is 0 Å². The Hall–Kier alpha value is 2.25. The number of unbranched alkanes of at least 4 members (excludes halogenated alkanes) is 5. The van der Waals surface area contributed by atoms with Crippen LogP contribution >= 0.6 is 0 Å². The van der Waals surface area contributed by atoms with E-state index in [1.54, 1.807) is 0 Å². The molecule has 0 rings (SSSR count). The van der Waals surface area contributed by atoms with Crippen LogP contribution in [0.15, 0.2) is 0 Å². The zero-order valence-corrected chi connectivity index (χ0v) is 15.9. The summed E-state index contributed by atoms with van der Waals surface area (Å²) in [4.78, 5) is 0. The molecule has 0 aliphatic carbocycles. The van der Waals surface area contributed by atoms with Gasteiger partial charge in [0.15, 0.2) is 5.75 Å². The summed E-state index contributed by atoms with van der Waals surface area (Å²) in [5.41, 5.74) is 5.33. The summed E-state index contributed by atoms with van der Waals surface area (Å²) in [5, 5.41) is 0. The van der Waals surface area contributed by atoms with Crippen molar-refractivity contribution in [2.45, 2.75) is 38.5 Å². The zero-order chi connectivity index (χ0) is 10.9. The van der Waals surface area contributed by atoms with Gasteiger partial charge in [0.05, 0.1) is 9.05 Å². The quantitative estimate of drug-likeness (QED) is 0.274. The molecule has 86 valence electrons. The molecule has 0 heterocycles. The van der Waals surface area contributed by atoms with Gasteiger partial charge in [-0.1, -0.05) is 19.3 Å². The summed E-state index contributed by atoms with van der Waals surface area (Å²) in [7, 11) is -3.58. The first kappa shape index (κ1) is 23.4. The van der Waals surface area contributed by atoms with E-state index in [0.717, 1.165) is 45.1 Å². The molecule has 0 spiro atoms. The van der Waals surface area contributed by atoms with Crippen molar-refractivity contribution in [3.63, 3.8) is 0 Å². The number of rotatable bonds is 8. The summed E-state index contributed by atoms with van der Waals surface area (Å²) >= 11 is 0. The third-order valence-corrected chi connectivity index (χ3v) is 3.94. The van der Waals surface area contributed by atoms with Gasteiger partial charge in [-0.05, 0) is 19.4 Å². The molecule has 0 radical (unpaired) electrons. The van der Waals surface area contributed by atoms with Gasteiger partial charge in [-0.25, -0.2) is 4.21 Å². The first-order valence-corrected chi connectivity index (χ1v) is 7.77. The van der Waals surface area contributed by atoms with Crippen LogP contribution in [0.25, 0.3) is 0 Å². The molecule has 0 unspecified atom stereocenters. The van der Waals surface area contributed by atoms with Crippen molar-refractivity contribution in [2.24, 2.45) is 5.73 Å². The molecule has 0 aliphatic rings. The summed E-state index contributed by atoms with van der Waals surface area (Å²) in [6, 6.07) is 0. The van der Waals surface area contributed by atoms with Crippen molar-refractivity contribution in [1.29, 1.82) is 0 Å². The maximum atomic E-state index is 10.2. The molecule has 4 nitrogen and oxygen atoms in total. The Kier molecular flexibility index (Phi) is 22.3. The van der Waals surface area contributed by atoms with Gasteiger partial charge in [0.1, 0.15) is 0 Å². The first-order valence-electron chi connectivity index (χ1n) is 4.86. The molecule has 2 N–H and O–H groups in total. The molecule has 16 heavy (non-hydrogen) atoms. The monoisotopic (exact) mass is 286 g/mol. The van der Waals surface area contributed by atoms with E-state index in [1.807, 2.05) is 0 Å². The largest absolute Gasteiger partial charge is 1.00 e. The van der Waals surface area contributed by atoms with Crippen molar-refractivity contribution < 1.29 is 72.4 Å². The van der Waals surface area contributed by atoms with Crippen molar-refractivity contribution in [1.82, 2.24) is 0 Å². The molecule has 0 bridgehead atoms. The van der Waals surface area contributed by atoms with Crippen LogP contribution < -0.4 is 64.8 Å². The fourth-order valence-electron chi connectivity index (χ4n) is 1.11. The minimum atomic E-state index is -4.08. The second-order valence-electron chi connectivity index (χ2n) is 3.14. The molecule has 0 aromatic heterocycles. The topological polar surface area (TPSA) is 89.2 Å². The number of nitrogens with two attached hydrogens (primary N) is 1. The number of hydrogen-bond acceptors (Lipinski definition) is 4. The van der Waals surface area contributed by atoms with Gasteiger partial charge in [-0.3, -0.25) is 0 Å². The predicted molar refractivity (Wildman–Crippen MR) is 58.7 cm³/mol. The molecular weight excluding hydrogens is 268 g/mol. The van der Waals surface area contributed by atoms with Crippen LogP contribution in [0.2, 0.25) is 0 Å². The van der Waals surface area contributed by atoms with Gasteiger partial charge >= 0.3 is 59.1 Å². The van der Waals surface area contributed by atoms with Crippen LogP contribution in [0.4, 0.5) is 0 Å². The van der Waals surface area contributed by atoms with Gasteiger partial charge in [-0.2, -0.15) is 0 Å². The van der Waals surface area contributed by atoms with Crippen molar-refractivity contribution in [2.75, 3.05) is 12.3 Å². The van der Waals surface area contributed by atoms with Crippen LogP contribution in [-0.4, -0.2) is 25.6 Å². The first-order chi connectivity index (χ1) is 6.56. The maximum absolute atomic E-state index is 10.2. The predicted octanol–water partition coefficient (Wildman–Crippen LogP) is -5.16. The zero-order valence-electron chi connectivity index (χ0n) is 10.3. The van der Waals surface area contributed by atoms with Crippen LogP contribution in [0.1, 0.15) is 38.5 Å². The van der Waals surface area contributed by atoms with Crippen LogP contribution in [-0.2, 0) is 19.4 Å². The fraction of sp³-hybridized carbons (Fsp3) is 1.00. The van der Waals surface area contributed by atoms with Crippen molar-refractivity contribution in [3.05, 3.63) is 0 Å². The van der Waals surface area contributed by atoms with E-state index in [1.165, 1.54) is 0 Å². The maximum Gasteiger partial charge on any atom is 1.00 e. The van der Waals surface area contributed by atoms with E-state index in [4.69, 9.17) is 5.73 Å². The Balaban J connectivity index is -0.000000845. The minimum absolute atomic E-state index is 0. The van der Waals surface area contributed by atoms with Gasteiger partial charge in [0.25, 0.3) is 0 Å². The van der Waals surface area contributed by atoms with E-state index in [9.17, 15) is 13.3 Å². The molecule has 0 saturated carbocycles. The molecule has 0 aliphatic heterocycles. The van der Waals surface area contributed by atoms with Crippen molar-refractivity contribution in [3.8, 4) is 0 Å². The van der Waals surface area contributed by atoms with E-state index >= 15 is 0 Å². The third-order valence-electron chi connectivity index (χ3n) is 1.83. The summed E-state index contributed by atoms with van der Waals surface area (Å²) < 4.78 is 30.6. The normalized spacial score (nSPS) is 10.2. The molecule has 0 atom stereocenters. The van der Waals surface area contributed by atoms with Crippen LogP contribution in [0.5, 0.6) is 0 Å². The summed E-state index contributed by atoms with van der Waals surface area (Å²) in [6.07, 6.45) is 6.24. The summed E-state index contributed by atoms with van der Waals surface area (Å²) in [6.45, 7) is 0.740. The van der Waals surface area contributed by atoms with Gasteiger partial charge < -0.3 is 14.8 Å². The van der Waals surface area contributed by atoms with E-state index in [-0.39, 0.29) is 59.1 Å². The van der Waals surface area contributed by atoms with Crippen molar-refractivity contribution >= 4 is 19.4 Å². The molecule has 0 fully saturated rings.